The third kappa shape index (κ3) is 3.75. The second kappa shape index (κ2) is 6.24. The van der Waals surface area contributed by atoms with Crippen LogP contribution in [0, 0.1) is 0 Å². The lowest BCUT2D eigenvalue weighted by Gasteiger charge is -2.18. The number of carbonyl (C=O) groups excluding carboxylic acids is 1. The van der Waals surface area contributed by atoms with Gasteiger partial charge in [0.05, 0.1) is 6.54 Å². The molecule has 0 fully saturated rings. The van der Waals surface area contributed by atoms with Crippen LogP contribution in [-0.2, 0) is 11.3 Å². The summed E-state index contributed by atoms with van der Waals surface area (Å²) < 4.78 is 0. The zero-order chi connectivity index (χ0) is 11.1. The number of aromatic amines is 1. The summed E-state index contributed by atoms with van der Waals surface area (Å²) in [4.78, 5) is 16.4. The molecule has 4 heteroatoms. The molecule has 0 aromatic carbocycles. The van der Waals surface area contributed by atoms with Gasteiger partial charge in [-0.25, -0.2) is 0 Å². The lowest BCUT2D eigenvalue weighted by molar-refractivity contribution is -0.129. The van der Waals surface area contributed by atoms with Gasteiger partial charge in [-0.1, -0.05) is 0 Å². The van der Waals surface area contributed by atoms with Crippen molar-refractivity contribution in [3.8, 4) is 0 Å². The standard InChI is InChI=1S/C11H19N3O/c1-3-14(4-2)11(15)9-13-8-10-5-6-12-7-10/h5-7,12-13H,3-4,8-9H2,1-2H3. The number of amides is 1. The second-order valence-electron chi connectivity index (χ2n) is 3.39. The SMILES string of the molecule is CCN(CC)C(=O)CNCc1cc[nH]c1. The van der Waals surface area contributed by atoms with Crippen LogP contribution in [0.3, 0.4) is 0 Å². The van der Waals surface area contributed by atoms with Crippen LogP contribution in [-0.4, -0.2) is 35.4 Å². The van der Waals surface area contributed by atoms with Crippen molar-refractivity contribution >= 4 is 5.91 Å². The molecule has 4 nitrogen and oxygen atoms in total. The lowest BCUT2D eigenvalue weighted by Crippen LogP contribution is -2.37. The topological polar surface area (TPSA) is 48.1 Å². The first kappa shape index (κ1) is 11.8. The Labute approximate surface area is 90.7 Å². The van der Waals surface area contributed by atoms with E-state index in [1.54, 1.807) is 0 Å². The summed E-state index contributed by atoms with van der Waals surface area (Å²) >= 11 is 0. The quantitative estimate of drug-likeness (QED) is 0.733. The number of nitrogens with one attached hydrogen (secondary N) is 2. The molecule has 0 aliphatic carbocycles. The molecule has 0 unspecified atom stereocenters. The molecular formula is C11H19N3O. The van der Waals surface area contributed by atoms with Crippen molar-refractivity contribution in [2.75, 3.05) is 19.6 Å². The van der Waals surface area contributed by atoms with Crippen molar-refractivity contribution in [1.29, 1.82) is 0 Å². The van der Waals surface area contributed by atoms with Crippen molar-refractivity contribution in [2.24, 2.45) is 0 Å². The molecule has 0 radical (unpaired) electrons. The summed E-state index contributed by atoms with van der Waals surface area (Å²) in [6, 6.07) is 1.99. The number of H-pyrrole nitrogens is 1. The summed E-state index contributed by atoms with van der Waals surface area (Å²) in [7, 11) is 0. The van der Waals surface area contributed by atoms with Crippen LogP contribution in [0.15, 0.2) is 18.5 Å². The zero-order valence-electron chi connectivity index (χ0n) is 9.42. The van der Waals surface area contributed by atoms with E-state index < -0.39 is 0 Å². The molecule has 1 aromatic heterocycles. The number of aromatic nitrogens is 1. The van der Waals surface area contributed by atoms with Gasteiger partial charge in [0.15, 0.2) is 0 Å². The summed E-state index contributed by atoms with van der Waals surface area (Å²) in [6.07, 6.45) is 3.80. The van der Waals surface area contributed by atoms with E-state index in [1.165, 1.54) is 5.56 Å². The van der Waals surface area contributed by atoms with E-state index >= 15 is 0 Å². The molecule has 0 atom stereocenters. The molecule has 0 bridgehead atoms. The summed E-state index contributed by atoms with van der Waals surface area (Å²) in [6.45, 7) is 6.69. The van der Waals surface area contributed by atoms with Gasteiger partial charge in [0.25, 0.3) is 0 Å². The Morgan fingerprint density at radius 1 is 1.47 bits per heavy atom. The highest BCUT2D eigenvalue weighted by molar-refractivity contribution is 5.78. The van der Waals surface area contributed by atoms with Crippen LogP contribution in [0.4, 0.5) is 0 Å². The van der Waals surface area contributed by atoms with Crippen LogP contribution in [0.25, 0.3) is 0 Å². The van der Waals surface area contributed by atoms with E-state index in [2.05, 4.69) is 10.3 Å². The molecule has 0 spiro atoms. The van der Waals surface area contributed by atoms with Gasteiger partial charge in [-0.05, 0) is 25.5 Å². The number of hydrogen-bond donors (Lipinski definition) is 2. The van der Waals surface area contributed by atoms with E-state index in [9.17, 15) is 4.79 Å². The summed E-state index contributed by atoms with van der Waals surface area (Å²) in [5.74, 6) is 0.163. The van der Waals surface area contributed by atoms with Crippen molar-refractivity contribution in [1.82, 2.24) is 15.2 Å². The van der Waals surface area contributed by atoms with E-state index in [1.807, 2.05) is 37.2 Å². The normalized spacial score (nSPS) is 10.3. The van der Waals surface area contributed by atoms with Gasteiger partial charge in [0, 0.05) is 32.0 Å². The fourth-order valence-corrected chi connectivity index (χ4v) is 1.47. The van der Waals surface area contributed by atoms with Gasteiger partial charge in [0.2, 0.25) is 5.91 Å². The van der Waals surface area contributed by atoms with E-state index in [4.69, 9.17) is 0 Å². The van der Waals surface area contributed by atoms with E-state index in [-0.39, 0.29) is 5.91 Å². The minimum Gasteiger partial charge on any atom is -0.367 e. The van der Waals surface area contributed by atoms with E-state index in [0.29, 0.717) is 6.54 Å². The van der Waals surface area contributed by atoms with Crippen molar-refractivity contribution < 1.29 is 4.79 Å². The lowest BCUT2D eigenvalue weighted by atomic mass is 10.3. The number of nitrogens with zero attached hydrogens (tertiary/aromatic N) is 1. The van der Waals surface area contributed by atoms with Gasteiger partial charge in [0.1, 0.15) is 0 Å². The predicted octanol–water partition coefficient (Wildman–Crippen LogP) is 0.973. The Bertz CT molecular complexity index is 278. The molecular weight excluding hydrogens is 190 g/mol. The molecule has 0 aliphatic heterocycles. The number of hydrogen-bond acceptors (Lipinski definition) is 2. The maximum absolute atomic E-state index is 11.6. The average Bonchev–Trinajstić information content (AvgIpc) is 2.72. The minimum atomic E-state index is 0.163. The first-order valence-corrected chi connectivity index (χ1v) is 5.38. The zero-order valence-corrected chi connectivity index (χ0v) is 9.42. The Hall–Kier alpha value is -1.29. The molecule has 84 valence electrons. The first-order valence-electron chi connectivity index (χ1n) is 5.38. The monoisotopic (exact) mass is 209 g/mol. The molecule has 15 heavy (non-hydrogen) atoms. The van der Waals surface area contributed by atoms with Crippen LogP contribution >= 0.6 is 0 Å². The Balaban J connectivity index is 2.22. The Kier molecular flexibility index (Phi) is 4.90. The second-order valence-corrected chi connectivity index (χ2v) is 3.39. The van der Waals surface area contributed by atoms with Crippen LogP contribution in [0.1, 0.15) is 19.4 Å². The van der Waals surface area contributed by atoms with Gasteiger partial charge in [-0.15, -0.1) is 0 Å². The molecule has 2 N–H and O–H groups in total. The van der Waals surface area contributed by atoms with Crippen molar-refractivity contribution in [3.63, 3.8) is 0 Å². The number of rotatable bonds is 6. The number of likely N-dealkylation sites (N-methyl/N-ethyl adjacent to an activating group) is 1. The van der Waals surface area contributed by atoms with Gasteiger partial charge < -0.3 is 15.2 Å². The molecule has 1 rings (SSSR count). The molecule has 0 saturated carbocycles. The van der Waals surface area contributed by atoms with Gasteiger partial charge in [-0.2, -0.15) is 0 Å². The predicted molar refractivity (Wildman–Crippen MR) is 60.4 cm³/mol. The first-order chi connectivity index (χ1) is 7.27. The molecule has 1 amide bonds. The van der Waals surface area contributed by atoms with Crippen molar-refractivity contribution in [3.05, 3.63) is 24.0 Å². The van der Waals surface area contributed by atoms with Gasteiger partial charge in [-0.3, -0.25) is 4.79 Å². The van der Waals surface area contributed by atoms with Crippen LogP contribution in [0.2, 0.25) is 0 Å². The van der Waals surface area contributed by atoms with Crippen LogP contribution < -0.4 is 5.32 Å². The molecule has 1 aromatic rings. The van der Waals surface area contributed by atoms with Gasteiger partial charge >= 0.3 is 0 Å². The minimum absolute atomic E-state index is 0.163. The fraction of sp³-hybridized carbons (Fsp3) is 0.545. The largest absolute Gasteiger partial charge is 0.367 e. The summed E-state index contributed by atoms with van der Waals surface area (Å²) in [5.41, 5.74) is 1.17. The third-order valence-corrected chi connectivity index (χ3v) is 2.38. The highest BCUT2D eigenvalue weighted by Crippen LogP contribution is 1.95. The third-order valence-electron chi connectivity index (χ3n) is 2.38. The van der Waals surface area contributed by atoms with E-state index in [0.717, 1.165) is 19.6 Å². The highest BCUT2D eigenvalue weighted by Gasteiger charge is 2.07. The number of carbonyl (C=O) groups is 1. The molecule has 0 saturated heterocycles. The Morgan fingerprint density at radius 3 is 2.73 bits per heavy atom. The van der Waals surface area contributed by atoms with Crippen molar-refractivity contribution in [2.45, 2.75) is 20.4 Å². The maximum atomic E-state index is 11.6. The molecule has 1 heterocycles. The summed E-state index contributed by atoms with van der Waals surface area (Å²) in [5, 5.41) is 3.13. The average molecular weight is 209 g/mol. The maximum Gasteiger partial charge on any atom is 0.236 e. The highest BCUT2D eigenvalue weighted by atomic mass is 16.2. The molecule has 0 aliphatic rings. The van der Waals surface area contributed by atoms with Crippen LogP contribution in [0.5, 0.6) is 0 Å². The fourth-order valence-electron chi connectivity index (χ4n) is 1.47. The Morgan fingerprint density at radius 2 is 2.20 bits per heavy atom. The smallest absolute Gasteiger partial charge is 0.236 e.